The number of hydrogen-bond acceptors (Lipinski definition) is 7. The lowest BCUT2D eigenvalue weighted by Crippen LogP contribution is -2.47. The molecule has 1 aromatic heterocycles. The van der Waals surface area contributed by atoms with Crippen molar-refractivity contribution in [1.82, 2.24) is 10.3 Å². The van der Waals surface area contributed by atoms with E-state index in [0.29, 0.717) is 22.8 Å². The van der Waals surface area contributed by atoms with Crippen molar-refractivity contribution < 1.29 is 28.6 Å². The number of rotatable bonds is 6. The van der Waals surface area contributed by atoms with Gasteiger partial charge in [0.2, 0.25) is 5.91 Å². The number of carbonyl (C=O) groups is 2. The molecule has 0 radical (unpaired) electrons. The van der Waals surface area contributed by atoms with Crippen LogP contribution in [0.15, 0.2) is 35.2 Å². The summed E-state index contributed by atoms with van der Waals surface area (Å²) in [5.41, 5.74) is 0.368. The van der Waals surface area contributed by atoms with Gasteiger partial charge in [0.15, 0.2) is 12.2 Å². The van der Waals surface area contributed by atoms with E-state index in [0.717, 1.165) is 0 Å². The second kappa shape index (κ2) is 8.54. The zero-order valence-electron chi connectivity index (χ0n) is 15.6. The Morgan fingerprint density at radius 2 is 2.07 bits per heavy atom. The van der Waals surface area contributed by atoms with Crippen LogP contribution in [-0.4, -0.2) is 47.5 Å². The smallest absolute Gasteiger partial charge is 0.408 e. The first kappa shape index (κ1) is 20.2. The van der Waals surface area contributed by atoms with E-state index in [4.69, 9.17) is 13.9 Å². The summed E-state index contributed by atoms with van der Waals surface area (Å²) >= 11 is 0. The monoisotopic (exact) mass is 377 g/mol. The predicted molar refractivity (Wildman–Crippen MR) is 97.4 cm³/mol. The summed E-state index contributed by atoms with van der Waals surface area (Å²) in [5.74, 6) is 0.382. The van der Waals surface area contributed by atoms with Gasteiger partial charge in [-0.25, -0.2) is 9.78 Å². The molecule has 2 amide bonds. The van der Waals surface area contributed by atoms with Crippen molar-refractivity contribution in [1.29, 1.82) is 0 Å². The van der Waals surface area contributed by atoms with E-state index in [1.807, 2.05) is 0 Å². The second-order valence-electron chi connectivity index (χ2n) is 6.65. The van der Waals surface area contributed by atoms with Crippen LogP contribution >= 0.6 is 0 Å². The Morgan fingerprint density at radius 3 is 2.63 bits per heavy atom. The predicted octanol–water partition coefficient (Wildman–Crippen LogP) is 2.17. The molecule has 0 saturated carbocycles. The summed E-state index contributed by atoms with van der Waals surface area (Å²) < 4.78 is 15.7. The molecule has 0 fully saturated rings. The number of nitrogens with zero attached hydrogens (tertiary/aromatic N) is 1. The van der Waals surface area contributed by atoms with E-state index in [2.05, 4.69) is 15.6 Å². The molecule has 9 nitrogen and oxygen atoms in total. The van der Waals surface area contributed by atoms with E-state index in [-0.39, 0.29) is 0 Å². The molecule has 0 spiro atoms. The second-order valence-corrected chi connectivity index (χ2v) is 6.65. The molecule has 9 heteroatoms. The summed E-state index contributed by atoms with van der Waals surface area (Å²) in [7, 11) is 1.49. The number of anilines is 1. The zero-order valence-corrected chi connectivity index (χ0v) is 15.6. The number of amides is 2. The van der Waals surface area contributed by atoms with Gasteiger partial charge in [-0.15, -0.1) is 0 Å². The number of alkyl carbamates (subject to hydrolysis) is 1. The molecule has 1 heterocycles. The van der Waals surface area contributed by atoms with Crippen molar-refractivity contribution in [2.24, 2.45) is 0 Å². The maximum Gasteiger partial charge on any atom is 0.408 e. The van der Waals surface area contributed by atoms with Crippen LogP contribution in [0.4, 0.5) is 10.5 Å². The Morgan fingerprint density at radius 1 is 1.33 bits per heavy atom. The molecular formula is C18H23N3O6. The highest BCUT2D eigenvalue weighted by Crippen LogP contribution is 2.32. The Hall–Kier alpha value is -3.07. The Kier molecular flexibility index (Phi) is 6.40. The molecule has 146 valence electrons. The molecule has 0 aliphatic heterocycles. The number of aromatic nitrogens is 1. The lowest BCUT2D eigenvalue weighted by molar-refractivity contribution is -0.119. The van der Waals surface area contributed by atoms with Gasteiger partial charge >= 0.3 is 6.09 Å². The van der Waals surface area contributed by atoms with Crippen molar-refractivity contribution in [2.75, 3.05) is 19.0 Å². The molecule has 27 heavy (non-hydrogen) atoms. The van der Waals surface area contributed by atoms with Gasteiger partial charge in [-0.2, -0.15) is 0 Å². The number of aliphatic hydroxyl groups is 1. The van der Waals surface area contributed by atoms with Gasteiger partial charge in [-0.05, 0) is 32.9 Å². The first-order valence-electron chi connectivity index (χ1n) is 8.21. The lowest BCUT2D eigenvalue weighted by Gasteiger charge is -2.22. The minimum atomic E-state index is -1.17. The maximum absolute atomic E-state index is 12.3. The first-order valence-corrected chi connectivity index (χ1v) is 8.21. The van der Waals surface area contributed by atoms with Crippen LogP contribution in [0.25, 0.3) is 11.3 Å². The zero-order chi connectivity index (χ0) is 20.0. The molecule has 2 rings (SSSR count). The van der Waals surface area contributed by atoms with E-state index in [9.17, 15) is 14.7 Å². The van der Waals surface area contributed by atoms with Gasteiger partial charge in [0.25, 0.3) is 0 Å². The van der Waals surface area contributed by atoms with Crippen LogP contribution in [-0.2, 0) is 9.53 Å². The van der Waals surface area contributed by atoms with Gasteiger partial charge < -0.3 is 29.6 Å². The summed E-state index contributed by atoms with van der Waals surface area (Å²) in [5, 5.41) is 14.4. The summed E-state index contributed by atoms with van der Waals surface area (Å²) in [6, 6.07) is 3.77. The van der Waals surface area contributed by atoms with Crippen LogP contribution < -0.4 is 15.4 Å². The molecule has 0 aliphatic rings. The molecule has 0 aliphatic carbocycles. The molecule has 0 bridgehead atoms. The number of hydrogen-bond donors (Lipinski definition) is 3. The van der Waals surface area contributed by atoms with E-state index >= 15 is 0 Å². The number of nitrogens with one attached hydrogen (secondary N) is 2. The fourth-order valence-corrected chi connectivity index (χ4v) is 2.19. The number of oxazole rings is 1. The largest absolute Gasteiger partial charge is 0.496 e. The number of carbonyl (C=O) groups excluding carboxylic acids is 2. The van der Waals surface area contributed by atoms with Crippen molar-refractivity contribution in [3.05, 3.63) is 30.8 Å². The minimum Gasteiger partial charge on any atom is -0.496 e. The minimum absolute atomic E-state index is 0.421. The van der Waals surface area contributed by atoms with Gasteiger partial charge in [-0.3, -0.25) is 4.79 Å². The SMILES string of the molecule is COc1cc(NC(=O)C(CO)NC(=O)OC(C)(C)C)ccc1-c1cnco1. The van der Waals surface area contributed by atoms with Crippen LogP contribution in [0.3, 0.4) is 0 Å². The molecule has 1 aromatic carbocycles. The van der Waals surface area contributed by atoms with Gasteiger partial charge in [0.1, 0.15) is 17.4 Å². The maximum atomic E-state index is 12.3. The third-order valence-corrected chi connectivity index (χ3v) is 3.36. The Balaban J connectivity index is 2.08. The standard InChI is InChI=1S/C18H23N3O6/c1-18(2,3)27-17(24)21-13(9-22)16(23)20-11-5-6-12(14(7-11)25-4)15-8-19-10-26-15/h5-8,10,13,22H,9H2,1-4H3,(H,20,23)(H,21,24). The summed E-state index contributed by atoms with van der Waals surface area (Å²) in [6.07, 6.45) is 2.05. The van der Waals surface area contributed by atoms with Crippen molar-refractivity contribution in [3.63, 3.8) is 0 Å². The van der Waals surface area contributed by atoms with Crippen LogP contribution in [0.5, 0.6) is 5.75 Å². The van der Waals surface area contributed by atoms with Gasteiger partial charge in [-0.1, -0.05) is 0 Å². The van der Waals surface area contributed by atoms with E-state index in [1.165, 1.54) is 13.5 Å². The highest BCUT2D eigenvalue weighted by atomic mass is 16.6. The van der Waals surface area contributed by atoms with Crippen molar-refractivity contribution >= 4 is 17.7 Å². The fraction of sp³-hybridized carbons (Fsp3) is 0.389. The van der Waals surface area contributed by atoms with Gasteiger partial charge in [0.05, 0.1) is 25.5 Å². The van der Waals surface area contributed by atoms with Crippen LogP contribution in [0.1, 0.15) is 20.8 Å². The third kappa shape index (κ3) is 5.71. The lowest BCUT2D eigenvalue weighted by atomic mass is 10.1. The topological polar surface area (TPSA) is 123 Å². The summed E-state index contributed by atoms with van der Waals surface area (Å²) in [4.78, 5) is 28.0. The van der Waals surface area contributed by atoms with Crippen LogP contribution in [0.2, 0.25) is 0 Å². The number of aliphatic hydroxyl groups excluding tert-OH is 1. The average Bonchev–Trinajstić information content (AvgIpc) is 3.12. The summed E-state index contributed by atoms with van der Waals surface area (Å²) in [6.45, 7) is 4.51. The number of ether oxygens (including phenoxy) is 2. The molecule has 1 unspecified atom stereocenters. The third-order valence-electron chi connectivity index (χ3n) is 3.36. The average molecular weight is 377 g/mol. The molecule has 3 N–H and O–H groups in total. The highest BCUT2D eigenvalue weighted by molar-refractivity contribution is 5.97. The highest BCUT2D eigenvalue weighted by Gasteiger charge is 2.24. The normalized spacial score (nSPS) is 12.2. The molecule has 0 saturated heterocycles. The quantitative estimate of drug-likeness (QED) is 0.705. The molecular weight excluding hydrogens is 354 g/mol. The number of methoxy groups -OCH3 is 1. The van der Waals surface area contributed by atoms with E-state index < -0.39 is 30.3 Å². The first-order chi connectivity index (χ1) is 12.7. The number of benzene rings is 1. The fourth-order valence-electron chi connectivity index (χ4n) is 2.19. The molecule has 1 atom stereocenters. The Bertz CT molecular complexity index is 783. The van der Waals surface area contributed by atoms with Crippen LogP contribution in [0, 0.1) is 0 Å². The van der Waals surface area contributed by atoms with Crippen molar-refractivity contribution in [2.45, 2.75) is 32.4 Å². The van der Waals surface area contributed by atoms with Gasteiger partial charge in [0, 0.05) is 11.8 Å². The Labute approximate surface area is 156 Å². The molecule has 2 aromatic rings. The van der Waals surface area contributed by atoms with E-state index in [1.54, 1.807) is 45.2 Å². The van der Waals surface area contributed by atoms with Crippen molar-refractivity contribution in [3.8, 4) is 17.1 Å².